The average Bonchev–Trinajstić information content (AvgIpc) is 2.83. The van der Waals surface area contributed by atoms with Crippen LogP contribution >= 0.6 is 0 Å². The van der Waals surface area contributed by atoms with Gasteiger partial charge in [0.2, 0.25) is 0 Å². The van der Waals surface area contributed by atoms with Gasteiger partial charge in [0.15, 0.2) is 5.82 Å². The quantitative estimate of drug-likeness (QED) is 0.203. The number of rotatable bonds is 16. The van der Waals surface area contributed by atoms with Crippen molar-refractivity contribution in [3.63, 3.8) is 0 Å². The number of carbonyl (C=O) groups excluding carboxylic acids is 1. The van der Waals surface area contributed by atoms with Crippen molar-refractivity contribution in [2.75, 3.05) is 13.2 Å². The van der Waals surface area contributed by atoms with E-state index in [2.05, 4.69) is 30.7 Å². The summed E-state index contributed by atoms with van der Waals surface area (Å²) in [6, 6.07) is 7.78. The van der Waals surface area contributed by atoms with E-state index in [-0.39, 0.29) is 5.97 Å². The van der Waals surface area contributed by atoms with E-state index in [0.29, 0.717) is 18.0 Å². The SMILES string of the molecule is CCCCCCCOC(=O)c1cnc(-c2ccc(OCCCCCC(C)CC)cc2)nc1. The molecule has 0 aliphatic carbocycles. The summed E-state index contributed by atoms with van der Waals surface area (Å²) in [7, 11) is 0. The molecule has 2 rings (SSSR count). The second-order valence-electron chi connectivity index (χ2n) is 8.58. The zero-order valence-electron chi connectivity index (χ0n) is 20.1. The minimum Gasteiger partial charge on any atom is -0.494 e. The summed E-state index contributed by atoms with van der Waals surface area (Å²) in [5.41, 5.74) is 1.28. The molecule has 0 aliphatic rings. The lowest BCUT2D eigenvalue weighted by Gasteiger charge is -2.09. The second kappa shape index (κ2) is 15.4. The molecule has 1 atom stereocenters. The predicted molar refractivity (Wildman–Crippen MR) is 130 cm³/mol. The normalized spacial score (nSPS) is 11.8. The molecule has 0 N–H and O–H groups in total. The van der Waals surface area contributed by atoms with Gasteiger partial charge in [-0.2, -0.15) is 0 Å². The lowest BCUT2D eigenvalue weighted by atomic mass is 10.0. The second-order valence-corrected chi connectivity index (χ2v) is 8.58. The van der Waals surface area contributed by atoms with Crippen molar-refractivity contribution in [1.82, 2.24) is 9.97 Å². The first-order valence-electron chi connectivity index (χ1n) is 12.4. The molecule has 176 valence electrons. The van der Waals surface area contributed by atoms with Crippen LogP contribution in [0, 0.1) is 5.92 Å². The van der Waals surface area contributed by atoms with Crippen molar-refractivity contribution < 1.29 is 14.3 Å². The van der Waals surface area contributed by atoms with Gasteiger partial charge in [0, 0.05) is 18.0 Å². The Bertz CT molecular complexity index is 759. The Hall–Kier alpha value is -2.43. The lowest BCUT2D eigenvalue weighted by molar-refractivity contribution is 0.0496. The highest BCUT2D eigenvalue weighted by Crippen LogP contribution is 2.20. The number of benzene rings is 1. The molecule has 1 unspecified atom stereocenters. The molecule has 1 aromatic carbocycles. The Morgan fingerprint density at radius 1 is 0.875 bits per heavy atom. The van der Waals surface area contributed by atoms with Gasteiger partial charge < -0.3 is 9.47 Å². The Kier molecular flexibility index (Phi) is 12.4. The van der Waals surface area contributed by atoms with Crippen molar-refractivity contribution in [2.45, 2.75) is 85.0 Å². The number of unbranched alkanes of at least 4 members (excludes halogenated alkanes) is 6. The molecule has 0 bridgehead atoms. The van der Waals surface area contributed by atoms with E-state index < -0.39 is 0 Å². The van der Waals surface area contributed by atoms with E-state index in [0.717, 1.165) is 43.1 Å². The van der Waals surface area contributed by atoms with Gasteiger partial charge in [0.25, 0.3) is 0 Å². The van der Waals surface area contributed by atoms with E-state index in [1.165, 1.54) is 57.3 Å². The number of hydrogen-bond donors (Lipinski definition) is 0. The maximum atomic E-state index is 12.1. The van der Waals surface area contributed by atoms with Gasteiger partial charge in [-0.1, -0.05) is 72.1 Å². The summed E-state index contributed by atoms with van der Waals surface area (Å²) in [5.74, 6) is 1.90. The Morgan fingerprint density at radius 2 is 1.53 bits per heavy atom. The van der Waals surface area contributed by atoms with E-state index in [9.17, 15) is 4.79 Å². The number of aromatic nitrogens is 2. The standard InChI is InChI=1S/C27H40N2O3/c1-4-6-7-8-11-19-32-27(30)24-20-28-26(29-21-24)23-14-16-25(17-15-23)31-18-12-9-10-13-22(3)5-2/h14-17,20-22H,4-13,18-19H2,1-3H3. The van der Waals surface area contributed by atoms with Crippen LogP contribution in [0.5, 0.6) is 5.75 Å². The van der Waals surface area contributed by atoms with Gasteiger partial charge in [-0.3, -0.25) is 0 Å². The average molecular weight is 441 g/mol. The van der Waals surface area contributed by atoms with Gasteiger partial charge >= 0.3 is 5.97 Å². The van der Waals surface area contributed by atoms with Gasteiger partial charge in [-0.25, -0.2) is 14.8 Å². The highest BCUT2D eigenvalue weighted by Gasteiger charge is 2.10. The highest BCUT2D eigenvalue weighted by atomic mass is 16.5. The monoisotopic (exact) mass is 440 g/mol. The molecule has 1 aromatic heterocycles. The van der Waals surface area contributed by atoms with E-state index in [1.54, 1.807) is 0 Å². The molecular weight excluding hydrogens is 400 g/mol. The largest absolute Gasteiger partial charge is 0.494 e. The molecule has 32 heavy (non-hydrogen) atoms. The summed E-state index contributed by atoms with van der Waals surface area (Å²) in [6.07, 6.45) is 14.8. The van der Waals surface area contributed by atoms with E-state index in [1.807, 2.05) is 24.3 Å². The summed E-state index contributed by atoms with van der Waals surface area (Å²) in [4.78, 5) is 20.8. The van der Waals surface area contributed by atoms with Crippen LogP contribution in [0.3, 0.4) is 0 Å². The van der Waals surface area contributed by atoms with Crippen LogP contribution in [0.4, 0.5) is 0 Å². The lowest BCUT2D eigenvalue weighted by Crippen LogP contribution is -2.08. The minimum atomic E-state index is -0.361. The third-order valence-electron chi connectivity index (χ3n) is 5.79. The first-order valence-corrected chi connectivity index (χ1v) is 12.4. The highest BCUT2D eigenvalue weighted by molar-refractivity contribution is 5.88. The molecule has 5 nitrogen and oxygen atoms in total. The Morgan fingerprint density at radius 3 is 2.22 bits per heavy atom. The van der Waals surface area contributed by atoms with E-state index in [4.69, 9.17) is 9.47 Å². The molecule has 0 saturated heterocycles. The van der Waals surface area contributed by atoms with Crippen molar-refractivity contribution in [1.29, 1.82) is 0 Å². The zero-order chi connectivity index (χ0) is 23.0. The molecule has 0 spiro atoms. The third kappa shape index (κ3) is 9.80. The van der Waals surface area contributed by atoms with E-state index >= 15 is 0 Å². The molecule has 0 amide bonds. The first kappa shape index (κ1) is 25.8. The number of nitrogens with zero attached hydrogens (tertiary/aromatic N) is 2. The van der Waals surface area contributed by atoms with Gasteiger partial charge in [-0.05, 0) is 43.0 Å². The van der Waals surface area contributed by atoms with Crippen LogP contribution in [-0.4, -0.2) is 29.2 Å². The van der Waals surface area contributed by atoms with Crippen LogP contribution in [0.25, 0.3) is 11.4 Å². The number of carbonyl (C=O) groups is 1. The maximum Gasteiger partial charge on any atom is 0.341 e. The smallest absolute Gasteiger partial charge is 0.341 e. The molecule has 1 heterocycles. The summed E-state index contributed by atoms with van der Waals surface area (Å²) in [6.45, 7) is 7.94. The summed E-state index contributed by atoms with van der Waals surface area (Å²) < 4.78 is 11.2. The number of hydrogen-bond acceptors (Lipinski definition) is 5. The fraction of sp³-hybridized carbons (Fsp3) is 0.593. The van der Waals surface area contributed by atoms with Gasteiger partial charge in [-0.15, -0.1) is 0 Å². The van der Waals surface area contributed by atoms with Crippen LogP contribution < -0.4 is 4.74 Å². The minimum absolute atomic E-state index is 0.361. The third-order valence-corrected chi connectivity index (χ3v) is 5.79. The fourth-order valence-corrected chi connectivity index (χ4v) is 3.40. The molecule has 5 heteroatoms. The van der Waals surface area contributed by atoms with Crippen molar-refractivity contribution >= 4 is 5.97 Å². The Labute approximate surface area is 194 Å². The molecular formula is C27H40N2O3. The van der Waals surface area contributed by atoms with Gasteiger partial charge in [0.1, 0.15) is 5.75 Å². The first-order chi connectivity index (χ1) is 15.6. The summed E-state index contributed by atoms with van der Waals surface area (Å²) >= 11 is 0. The van der Waals surface area contributed by atoms with Crippen molar-refractivity contribution in [3.05, 3.63) is 42.2 Å². The number of esters is 1. The van der Waals surface area contributed by atoms with Crippen molar-refractivity contribution in [2.24, 2.45) is 5.92 Å². The molecule has 0 aliphatic heterocycles. The van der Waals surface area contributed by atoms with Crippen LogP contribution in [-0.2, 0) is 4.74 Å². The van der Waals surface area contributed by atoms with Crippen LogP contribution in [0.1, 0.15) is 95.3 Å². The number of ether oxygens (including phenoxy) is 2. The zero-order valence-corrected chi connectivity index (χ0v) is 20.1. The molecule has 2 aromatic rings. The molecule has 0 fully saturated rings. The fourth-order valence-electron chi connectivity index (χ4n) is 3.40. The van der Waals surface area contributed by atoms with Crippen LogP contribution in [0.15, 0.2) is 36.7 Å². The van der Waals surface area contributed by atoms with Crippen LogP contribution in [0.2, 0.25) is 0 Å². The molecule has 0 radical (unpaired) electrons. The van der Waals surface area contributed by atoms with Crippen molar-refractivity contribution in [3.8, 4) is 17.1 Å². The molecule has 0 saturated carbocycles. The van der Waals surface area contributed by atoms with Gasteiger partial charge in [0.05, 0.1) is 18.8 Å². The predicted octanol–water partition coefficient (Wildman–Crippen LogP) is 7.26. The maximum absolute atomic E-state index is 12.1. The topological polar surface area (TPSA) is 61.3 Å². The Balaban J connectivity index is 1.71. The summed E-state index contributed by atoms with van der Waals surface area (Å²) in [5, 5.41) is 0.